The first-order valence-corrected chi connectivity index (χ1v) is 8.31. The first-order valence-electron chi connectivity index (χ1n) is 8.31. The molecule has 6 heteroatoms. The third kappa shape index (κ3) is 6.67. The van der Waals surface area contributed by atoms with Gasteiger partial charge in [-0.05, 0) is 63.4 Å². The third-order valence-corrected chi connectivity index (χ3v) is 3.58. The summed E-state index contributed by atoms with van der Waals surface area (Å²) >= 11 is 0. The number of methoxy groups -OCH3 is 1. The SMILES string of the molecule is C#CCOc1cc(C)c(C[C@H](NC(=O)OC(C)(C)C)C(=O)OC)c(C)c1. The molecule has 1 amide bonds. The lowest BCUT2D eigenvalue weighted by molar-refractivity contribution is -0.143. The fourth-order valence-electron chi connectivity index (χ4n) is 2.47. The molecule has 0 saturated heterocycles. The fraction of sp³-hybridized carbons (Fsp3) is 0.500. The van der Waals surface area contributed by atoms with Crippen molar-refractivity contribution in [1.82, 2.24) is 5.32 Å². The van der Waals surface area contributed by atoms with Crippen LogP contribution in [-0.4, -0.2) is 37.4 Å². The van der Waals surface area contributed by atoms with Crippen LogP contribution in [0, 0.1) is 26.2 Å². The molecular weight excluding hydrogens is 334 g/mol. The third-order valence-electron chi connectivity index (χ3n) is 3.58. The van der Waals surface area contributed by atoms with Crippen LogP contribution in [0.25, 0.3) is 0 Å². The van der Waals surface area contributed by atoms with E-state index in [1.54, 1.807) is 20.8 Å². The van der Waals surface area contributed by atoms with Gasteiger partial charge < -0.3 is 19.5 Å². The van der Waals surface area contributed by atoms with Gasteiger partial charge in [0.05, 0.1) is 7.11 Å². The van der Waals surface area contributed by atoms with E-state index in [-0.39, 0.29) is 13.0 Å². The molecule has 26 heavy (non-hydrogen) atoms. The van der Waals surface area contributed by atoms with Gasteiger partial charge in [0.2, 0.25) is 0 Å². The maximum atomic E-state index is 12.1. The van der Waals surface area contributed by atoms with Crippen molar-refractivity contribution >= 4 is 12.1 Å². The Morgan fingerprint density at radius 3 is 2.27 bits per heavy atom. The average Bonchev–Trinajstić information content (AvgIpc) is 2.52. The van der Waals surface area contributed by atoms with Crippen LogP contribution in [0.4, 0.5) is 4.79 Å². The van der Waals surface area contributed by atoms with Crippen LogP contribution in [-0.2, 0) is 20.7 Å². The van der Waals surface area contributed by atoms with Crippen LogP contribution in [0.5, 0.6) is 5.75 Å². The first kappa shape index (κ1) is 21.4. The molecule has 0 spiro atoms. The molecule has 0 aliphatic heterocycles. The number of aryl methyl sites for hydroxylation is 2. The van der Waals surface area contributed by atoms with Gasteiger partial charge in [-0.25, -0.2) is 9.59 Å². The van der Waals surface area contributed by atoms with Crippen molar-refractivity contribution in [2.75, 3.05) is 13.7 Å². The zero-order valence-corrected chi connectivity index (χ0v) is 16.3. The molecule has 1 aromatic carbocycles. The predicted molar refractivity (Wildman–Crippen MR) is 99.1 cm³/mol. The normalized spacial score (nSPS) is 11.9. The maximum Gasteiger partial charge on any atom is 0.408 e. The smallest absolute Gasteiger partial charge is 0.408 e. The largest absolute Gasteiger partial charge is 0.481 e. The number of benzene rings is 1. The second kappa shape index (κ2) is 9.14. The second-order valence-corrected chi connectivity index (χ2v) is 6.95. The molecule has 1 N–H and O–H groups in total. The zero-order chi connectivity index (χ0) is 19.9. The Bertz CT molecular complexity index is 674. The number of hydrogen-bond acceptors (Lipinski definition) is 5. The minimum absolute atomic E-state index is 0.184. The van der Waals surface area contributed by atoms with E-state index in [2.05, 4.69) is 11.2 Å². The summed E-state index contributed by atoms with van der Waals surface area (Å²) in [6.45, 7) is 9.26. The molecule has 0 radical (unpaired) electrons. The molecule has 1 atom stereocenters. The number of hydrogen-bond donors (Lipinski definition) is 1. The first-order chi connectivity index (χ1) is 12.1. The lowest BCUT2D eigenvalue weighted by atomic mass is 9.96. The minimum Gasteiger partial charge on any atom is -0.481 e. The lowest BCUT2D eigenvalue weighted by Crippen LogP contribution is -2.45. The summed E-state index contributed by atoms with van der Waals surface area (Å²) in [6.07, 6.45) is 4.82. The zero-order valence-electron chi connectivity index (χ0n) is 16.3. The average molecular weight is 361 g/mol. The number of carbonyl (C=O) groups is 2. The van der Waals surface area contributed by atoms with Crippen molar-refractivity contribution in [2.45, 2.75) is 52.7 Å². The highest BCUT2D eigenvalue weighted by atomic mass is 16.6. The van der Waals surface area contributed by atoms with E-state index >= 15 is 0 Å². The van der Waals surface area contributed by atoms with Gasteiger partial charge in [-0.1, -0.05) is 5.92 Å². The van der Waals surface area contributed by atoms with E-state index in [1.165, 1.54) is 7.11 Å². The number of nitrogens with one attached hydrogen (secondary N) is 1. The van der Waals surface area contributed by atoms with Gasteiger partial charge in [-0.3, -0.25) is 0 Å². The van der Waals surface area contributed by atoms with E-state index in [1.807, 2.05) is 26.0 Å². The Morgan fingerprint density at radius 1 is 1.23 bits per heavy atom. The number of carbonyl (C=O) groups excluding carboxylic acids is 2. The molecule has 142 valence electrons. The molecule has 0 unspecified atom stereocenters. The number of alkyl carbamates (subject to hydrolysis) is 1. The summed E-state index contributed by atoms with van der Waals surface area (Å²) in [4.78, 5) is 24.2. The number of amides is 1. The maximum absolute atomic E-state index is 12.1. The minimum atomic E-state index is -0.857. The summed E-state index contributed by atoms with van der Waals surface area (Å²) in [5, 5.41) is 2.58. The van der Waals surface area contributed by atoms with Crippen LogP contribution in [0.2, 0.25) is 0 Å². The van der Waals surface area contributed by atoms with Gasteiger partial charge in [-0.15, -0.1) is 6.42 Å². The van der Waals surface area contributed by atoms with Gasteiger partial charge in [0.15, 0.2) is 0 Å². The van der Waals surface area contributed by atoms with Gasteiger partial charge in [0.1, 0.15) is 24.0 Å². The molecule has 1 aromatic rings. The van der Waals surface area contributed by atoms with Crippen LogP contribution in [0.3, 0.4) is 0 Å². The number of ether oxygens (including phenoxy) is 3. The molecule has 0 aliphatic carbocycles. The molecule has 0 bridgehead atoms. The van der Waals surface area contributed by atoms with Gasteiger partial charge in [0, 0.05) is 6.42 Å². The molecule has 0 fully saturated rings. The Hall–Kier alpha value is -2.68. The molecular formula is C20H27NO5. The van der Waals surface area contributed by atoms with Crippen LogP contribution in [0.15, 0.2) is 12.1 Å². The molecule has 1 rings (SSSR count). The van der Waals surface area contributed by atoms with Crippen molar-refractivity contribution in [3.8, 4) is 18.1 Å². The van der Waals surface area contributed by atoms with Crippen LogP contribution in [0.1, 0.15) is 37.5 Å². The van der Waals surface area contributed by atoms with Crippen molar-refractivity contribution in [3.63, 3.8) is 0 Å². The Kier molecular flexibility index (Phi) is 7.51. The van der Waals surface area contributed by atoms with Crippen LogP contribution < -0.4 is 10.1 Å². The summed E-state index contributed by atoms with van der Waals surface area (Å²) in [6, 6.07) is 2.84. The van der Waals surface area contributed by atoms with Crippen molar-refractivity contribution in [3.05, 3.63) is 28.8 Å². The van der Waals surface area contributed by atoms with Crippen molar-refractivity contribution in [2.24, 2.45) is 0 Å². The standard InChI is InChI=1S/C20H27NO5/c1-8-9-25-15-10-13(2)16(14(3)11-15)12-17(18(22)24-7)21-19(23)26-20(4,5)6/h1,10-11,17H,9,12H2,2-7H3,(H,21,23)/t17-/m0/s1. The van der Waals surface area contributed by atoms with Gasteiger partial charge in [-0.2, -0.15) is 0 Å². The molecule has 0 heterocycles. The van der Waals surface area contributed by atoms with Gasteiger partial charge in [0.25, 0.3) is 0 Å². The summed E-state index contributed by atoms with van der Waals surface area (Å²) in [7, 11) is 1.28. The Labute approximate surface area is 155 Å². The Balaban J connectivity index is 3.00. The highest BCUT2D eigenvalue weighted by Crippen LogP contribution is 2.23. The highest BCUT2D eigenvalue weighted by Gasteiger charge is 2.26. The number of esters is 1. The number of rotatable bonds is 6. The quantitative estimate of drug-likeness (QED) is 0.623. The molecule has 0 saturated carbocycles. The fourth-order valence-corrected chi connectivity index (χ4v) is 2.47. The number of terminal acetylenes is 1. The highest BCUT2D eigenvalue weighted by molar-refractivity contribution is 5.81. The van der Waals surface area contributed by atoms with E-state index in [9.17, 15) is 9.59 Å². The van der Waals surface area contributed by atoms with E-state index in [4.69, 9.17) is 20.6 Å². The van der Waals surface area contributed by atoms with E-state index in [0.29, 0.717) is 5.75 Å². The van der Waals surface area contributed by atoms with E-state index in [0.717, 1.165) is 16.7 Å². The molecule has 0 aliphatic rings. The van der Waals surface area contributed by atoms with Crippen molar-refractivity contribution in [1.29, 1.82) is 0 Å². The summed E-state index contributed by atoms with van der Waals surface area (Å²) in [5.41, 5.74) is 2.12. The summed E-state index contributed by atoms with van der Waals surface area (Å²) in [5.74, 6) is 2.54. The molecule has 0 aromatic heterocycles. The predicted octanol–water partition coefficient (Wildman–Crippen LogP) is 2.92. The molecule has 6 nitrogen and oxygen atoms in total. The van der Waals surface area contributed by atoms with E-state index < -0.39 is 23.7 Å². The second-order valence-electron chi connectivity index (χ2n) is 6.95. The monoisotopic (exact) mass is 361 g/mol. The van der Waals surface area contributed by atoms with Crippen molar-refractivity contribution < 1.29 is 23.8 Å². The lowest BCUT2D eigenvalue weighted by Gasteiger charge is -2.23. The Morgan fingerprint density at radius 2 is 1.81 bits per heavy atom. The summed E-state index contributed by atoms with van der Waals surface area (Å²) < 4.78 is 15.5. The topological polar surface area (TPSA) is 73.9 Å². The van der Waals surface area contributed by atoms with Gasteiger partial charge >= 0.3 is 12.1 Å². The van der Waals surface area contributed by atoms with Crippen LogP contribution >= 0.6 is 0 Å².